The topological polar surface area (TPSA) is 17.1 Å². The van der Waals surface area contributed by atoms with E-state index in [1.807, 2.05) is 0 Å². The highest BCUT2D eigenvalue weighted by Gasteiger charge is 2.18. The summed E-state index contributed by atoms with van der Waals surface area (Å²) in [4.78, 5) is 10.7. The van der Waals surface area contributed by atoms with Crippen molar-refractivity contribution in [2.75, 3.05) is 0 Å². The molecule has 0 fully saturated rings. The van der Waals surface area contributed by atoms with Crippen molar-refractivity contribution in [3.8, 4) is 0 Å². The van der Waals surface area contributed by atoms with Crippen molar-refractivity contribution in [3.05, 3.63) is 11.6 Å². The molecule has 1 unspecified atom stereocenters. The second kappa shape index (κ2) is 3.24. The number of rotatable bonds is 2. The normalized spacial score (nSPS) is 24.6. The van der Waals surface area contributed by atoms with Crippen LogP contribution in [-0.2, 0) is 4.79 Å². The number of allylic oxidation sites excluding steroid dienone is 2. The van der Waals surface area contributed by atoms with E-state index >= 15 is 0 Å². The van der Waals surface area contributed by atoms with Crippen molar-refractivity contribution in [1.82, 2.24) is 0 Å². The van der Waals surface area contributed by atoms with E-state index in [1.54, 1.807) is 0 Å². The molecule has 0 aromatic rings. The van der Waals surface area contributed by atoms with Gasteiger partial charge in [0.2, 0.25) is 0 Å². The molecule has 1 nitrogen and oxygen atoms in total. The predicted octanol–water partition coefficient (Wildman–Crippen LogP) is 2.19. The summed E-state index contributed by atoms with van der Waals surface area (Å²) in [5.41, 5.74) is 1.41. The van der Waals surface area contributed by atoms with Crippen molar-refractivity contribution >= 4 is 17.7 Å². The smallest absolute Gasteiger partial charge is 0.192 e. The second-order valence-corrected chi connectivity index (χ2v) is 3.10. The first-order chi connectivity index (χ1) is 4.74. The maximum atomic E-state index is 10.7. The number of hydrogen-bond donors (Lipinski definition) is 1. The maximum absolute atomic E-state index is 10.7. The Balaban J connectivity index is 2.55. The van der Waals surface area contributed by atoms with Gasteiger partial charge in [0.25, 0.3) is 0 Å². The Morgan fingerprint density at radius 2 is 2.60 bits per heavy atom. The molecule has 56 valence electrons. The molecule has 0 radical (unpaired) electrons. The van der Waals surface area contributed by atoms with Gasteiger partial charge in [0.1, 0.15) is 0 Å². The number of carbonyl (C=O) groups is 1. The van der Waals surface area contributed by atoms with Crippen molar-refractivity contribution in [2.24, 2.45) is 5.92 Å². The van der Waals surface area contributed by atoms with Gasteiger partial charge < -0.3 is 0 Å². The van der Waals surface area contributed by atoms with Crippen LogP contribution < -0.4 is 0 Å². The van der Waals surface area contributed by atoms with E-state index in [-0.39, 0.29) is 11.0 Å². The van der Waals surface area contributed by atoms with Crippen LogP contribution in [-0.4, -0.2) is 5.12 Å². The molecular weight excluding hydrogens is 144 g/mol. The minimum absolute atomic E-state index is 0.0171. The quantitative estimate of drug-likeness (QED) is 0.479. The number of thiol groups is 1. The molecule has 0 aliphatic heterocycles. The van der Waals surface area contributed by atoms with Gasteiger partial charge in [0.15, 0.2) is 5.12 Å². The minimum atomic E-state index is 0.0171. The molecule has 1 rings (SSSR count). The van der Waals surface area contributed by atoms with E-state index in [1.165, 1.54) is 5.57 Å². The number of carbonyl (C=O) groups excluding carboxylic acids is 1. The van der Waals surface area contributed by atoms with Gasteiger partial charge in [0.05, 0.1) is 0 Å². The van der Waals surface area contributed by atoms with Crippen LogP contribution in [0.4, 0.5) is 0 Å². The molecule has 1 atom stereocenters. The van der Waals surface area contributed by atoms with Gasteiger partial charge in [-0.2, -0.15) is 0 Å². The summed E-state index contributed by atoms with van der Waals surface area (Å²) in [5.74, 6) is 0.110. The predicted molar refractivity (Wildman–Crippen MR) is 45.1 cm³/mol. The lowest BCUT2D eigenvalue weighted by Crippen LogP contribution is -2.00. The maximum Gasteiger partial charge on any atom is 0.192 e. The third kappa shape index (κ3) is 1.63. The highest BCUT2D eigenvalue weighted by molar-refractivity contribution is 7.96. The first-order valence-corrected chi connectivity index (χ1v) is 4.11. The molecule has 0 N–H and O–H groups in total. The van der Waals surface area contributed by atoms with Gasteiger partial charge in [-0.25, -0.2) is 0 Å². The highest BCUT2D eigenvalue weighted by Crippen LogP contribution is 2.27. The van der Waals surface area contributed by atoms with Crippen LogP contribution in [0, 0.1) is 5.92 Å². The molecule has 0 aromatic heterocycles. The van der Waals surface area contributed by atoms with Gasteiger partial charge in [0, 0.05) is 5.92 Å². The molecule has 0 amide bonds. The Kier molecular flexibility index (Phi) is 2.55. The summed E-state index contributed by atoms with van der Waals surface area (Å²) in [6, 6.07) is 0. The van der Waals surface area contributed by atoms with Gasteiger partial charge in [-0.3, -0.25) is 4.79 Å². The molecule has 10 heavy (non-hydrogen) atoms. The van der Waals surface area contributed by atoms with Crippen LogP contribution >= 0.6 is 12.6 Å². The van der Waals surface area contributed by atoms with Crippen molar-refractivity contribution in [1.29, 1.82) is 0 Å². The monoisotopic (exact) mass is 156 g/mol. The van der Waals surface area contributed by atoms with Crippen LogP contribution in [0.15, 0.2) is 11.6 Å². The zero-order chi connectivity index (χ0) is 7.56. The van der Waals surface area contributed by atoms with Crippen LogP contribution in [0.5, 0.6) is 0 Å². The first kappa shape index (κ1) is 7.86. The third-order valence-corrected chi connectivity index (χ3v) is 2.32. The average molecular weight is 156 g/mol. The summed E-state index contributed by atoms with van der Waals surface area (Å²) in [6.07, 6.45) is 5.21. The highest BCUT2D eigenvalue weighted by atomic mass is 32.1. The van der Waals surface area contributed by atoms with Gasteiger partial charge >= 0.3 is 0 Å². The lowest BCUT2D eigenvalue weighted by Gasteiger charge is -1.96. The molecule has 0 saturated carbocycles. The average Bonchev–Trinajstić information content (AvgIpc) is 2.34. The molecule has 0 aromatic carbocycles. The SMILES string of the molecule is CCC1=CC(C(=O)S)CC1. The summed E-state index contributed by atoms with van der Waals surface area (Å²) in [7, 11) is 0. The van der Waals surface area contributed by atoms with Crippen LogP contribution in [0.2, 0.25) is 0 Å². The van der Waals surface area contributed by atoms with E-state index in [9.17, 15) is 4.79 Å². The van der Waals surface area contributed by atoms with E-state index < -0.39 is 0 Å². The molecule has 2 heteroatoms. The molecular formula is C8H12OS. The van der Waals surface area contributed by atoms with Gasteiger partial charge in [-0.05, 0) is 19.3 Å². The van der Waals surface area contributed by atoms with E-state index in [0.717, 1.165) is 19.3 Å². The van der Waals surface area contributed by atoms with Crippen LogP contribution in [0.3, 0.4) is 0 Å². The minimum Gasteiger partial charge on any atom is -0.287 e. The van der Waals surface area contributed by atoms with E-state index in [0.29, 0.717) is 0 Å². The Bertz CT molecular complexity index is 172. The Labute approximate surface area is 66.9 Å². The van der Waals surface area contributed by atoms with E-state index in [2.05, 4.69) is 25.6 Å². The van der Waals surface area contributed by atoms with Crippen LogP contribution in [0.1, 0.15) is 26.2 Å². The molecule has 1 aliphatic rings. The summed E-state index contributed by atoms with van der Waals surface area (Å²) < 4.78 is 0. The molecule has 0 spiro atoms. The second-order valence-electron chi connectivity index (χ2n) is 2.66. The molecule has 0 saturated heterocycles. The molecule has 0 bridgehead atoms. The molecule has 1 aliphatic carbocycles. The molecule has 0 heterocycles. The standard InChI is InChI=1S/C8H12OS/c1-2-6-3-4-7(5-6)8(9)10/h5,7H,2-4H2,1H3,(H,9,10). The Hall–Kier alpha value is -0.240. The summed E-state index contributed by atoms with van der Waals surface area (Å²) in [5, 5.41) is 0.0171. The lowest BCUT2D eigenvalue weighted by atomic mass is 10.1. The zero-order valence-electron chi connectivity index (χ0n) is 6.13. The fraction of sp³-hybridized carbons (Fsp3) is 0.625. The number of hydrogen-bond acceptors (Lipinski definition) is 1. The fourth-order valence-electron chi connectivity index (χ4n) is 1.28. The lowest BCUT2D eigenvalue weighted by molar-refractivity contribution is -0.112. The van der Waals surface area contributed by atoms with Crippen molar-refractivity contribution < 1.29 is 4.79 Å². The van der Waals surface area contributed by atoms with Crippen molar-refractivity contribution in [3.63, 3.8) is 0 Å². The first-order valence-electron chi connectivity index (χ1n) is 3.66. The van der Waals surface area contributed by atoms with Crippen LogP contribution in [0.25, 0.3) is 0 Å². The summed E-state index contributed by atoms with van der Waals surface area (Å²) >= 11 is 3.79. The van der Waals surface area contributed by atoms with Crippen molar-refractivity contribution in [2.45, 2.75) is 26.2 Å². The summed E-state index contributed by atoms with van der Waals surface area (Å²) in [6.45, 7) is 2.12. The Morgan fingerprint density at radius 1 is 1.90 bits per heavy atom. The third-order valence-electron chi connectivity index (χ3n) is 1.98. The zero-order valence-corrected chi connectivity index (χ0v) is 7.03. The Morgan fingerprint density at radius 3 is 2.90 bits per heavy atom. The van der Waals surface area contributed by atoms with E-state index in [4.69, 9.17) is 0 Å². The van der Waals surface area contributed by atoms with Gasteiger partial charge in [-0.15, -0.1) is 12.6 Å². The largest absolute Gasteiger partial charge is 0.287 e. The van der Waals surface area contributed by atoms with Gasteiger partial charge in [-0.1, -0.05) is 18.6 Å². The fourth-order valence-corrected chi connectivity index (χ4v) is 1.49.